The van der Waals surface area contributed by atoms with E-state index in [1.807, 2.05) is 17.9 Å². The molecule has 0 radical (unpaired) electrons. The van der Waals surface area contributed by atoms with Crippen LogP contribution in [0.2, 0.25) is 0 Å². The van der Waals surface area contributed by atoms with Crippen LogP contribution in [0.15, 0.2) is 6.20 Å². The lowest BCUT2D eigenvalue weighted by molar-refractivity contribution is -0.0111. The zero-order valence-electron chi connectivity index (χ0n) is 13.4. The summed E-state index contributed by atoms with van der Waals surface area (Å²) in [7, 11) is 2.03. The molecule has 3 rings (SSSR count). The first-order valence-corrected chi connectivity index (χ1v) is 8.58. The minimum atomic E-state index is -0.495. The fraction of sp³-hybridized carbons (Fsp3) is 0.824. The van der Waals surface area contributed by atoms with Gasteiger partial charge in [0.2, 0.25) is 0 Å². The first kappa shape index (κ1) is 15.0. The monoisotopic (exact) mass is 291 g/mol. The van der Waals surface area contributed by atoms with E-state index in [4.69, 9.17) is 0 Å². The third-order valence-corrected chi connectivity index (χ3v) is 5.67. The summed E-state index contributed by atoms with van der Waals surface area (Å²) in [6.45, 7) is 2.99. The van der Waals surface area contributed by atoms with Gasteiger partial charge in [-0.25, -0.2) is 0 Å². The second-order valence-electron chi connectivity index (χ2n) is 7.07. The van der Waals surface area contributed by atoms with Crippen molar-refractivity contribution in [1.82, 2.24) is 15.1 Å². The van der Waals surface area contributed by atoms with Crippen molar-refractivity contribution in [2.45, 2.75) is 69.9 Å². The molecular formula is C17H29N3O. The molecule has 1 heterocycles. The van der Waals surface area contributed by atoms with Crippen LogP contribution < -0.4 is 5.32 Å². The number of hydrogen-bond acceptors (Lipinski definition) is 3. The first-order valence-electron chi connectivity index (χ1n) is 8.58. The minimum Gasteiger partial charge on any atom is -0.389 e. The molecule has 0 amide bonds. The Labute approximate surface area is 127 Å². The summed E-state index contributed by atoms with van der Waals surface area (Å²) in [5.74, 6) is 0.824. The van der Waals surface area contributed by atoms with Crippen LogP contribution in [0.25, 0.3) is 0 Å². The molecule has 2 aliphatic rings. The number of aryl methyl sites for hydroxylation is 1. The fourth-order valence-corrected chi connectivity index (χ4v) is 4.03. The molecule has 1 unspecified atom stereocenters. The van der Waals surface area contributed by atoms with E-state index in [0.717, 1.165) is 38.1 Å². The molecule has 2 N–H and O–H groups in total. The highest BCUT2D eigenvalue weighted by molar-refractivity contribution is 5.24. The van der Waals surface area contributed by atoms with E-state index in [0.29, 0.717) is 6.04 Å². The molecule has 0 saturated heterocycles. The van der Waals surface area contributed by atoms with Gasteiger partial charge in [-0.3, -0.25) is 4.68 Å². The standard InChI is InChI=1S/C17H29N3O/c1-3-13-7-9-17(21,10-8-13)12-18-15-5-4-6-16-14(15)11-19-20(16)2/h11,13,15,18,21H,3-10,12H2,1-2H3. The van der Waals surface area contributed by atoms with Gasteiger partial charge in [0.05, 0.1) is 11.8 Å². The Morgan fingerprint density at radius 2 is 2.14 bits per heavy atom. The molecule has 0 spiro atoms. The van der Waals surface area contributed by atoms with Crippen LogP contribution in [-0.2, 0) is 13.5 Å². The molecule has 0 aromatic carbocycles. The topological polar surface area (TPSA) is 50.1 Å². The summed E-state index contributed by atoms with van der Waals surface area (Å²) in [5, 5.41) is 18.8. The first-order chi connectivity index (χ1) is 10.1. The number of rotatable bonds is 4. The summed E-state index contributed by atoms with van der Waals surface area (Å²) in [6.07, 6.45) is 11.0. The second kappa shape index (κ2) is 6.09. The van der Waals surface area contributed by atoms with E-state index < -0.39 is 5.60 Å². The van der Waals surface area contributed by atoms with Crippen LogP contribution in [0, 0.1) is 5.92 Å². The molecular weight excluding hydrogens is 262 g/mol. The van der Waals surface area contributed by atoms with E-state index in [1.54, 1.807) is 0 Å². The SMILES string of the molecule is CCC1CCC(O)(CNC2CCCc3c2cnn3C)CC1. The predicted molar refractivity (Wildman–Crippen MR) is 84.1 cm³/mol. The highest BCUT2D eigenvalue weighted by Gasteiger charge is 2.34. The normalized spacial score (nSPS) is 32.9. The lowest BCUT2D eigenvalue weighted by Gasteiger charge is -2.37. The number of aliphatic hydroxyl groups is 1. The van der Waals surface area contributed by atoms with Crippen molar-refractivity contribution in [2.75, 3.05) is 6.54 Å². The molecule has 0 aliphatic heterocycles. The molecule has 1 atom stereocenters. The van der Waals surface area contributed by atoms with Crippen LogP contribution in [-0.4, -0.2) is 27.0 Å². The lowest BCUT2D eigenvalue weighted by Crippen LogP contribution is -2.45. The van der Waals surface area contributed by atoms with Crippen molar-refractivity contribution < 1.29 is 5.11 Å². The van der Waals surface area contributed by atoms with Gasteiger partial charge in [0.25, 0.3) is 0 Å². The molecule has 0 bridgehead atoms. The quantitative estimate of drug-likeness (QED) is 0.897. The van der Waals surface area contributed by atoms with Gasteiger partial charge in [-0.1, -0.05) is 13.3 Å². The van der Waals surface area contributed by atoms with E-state index in [9.17, 15) is 5.11 Å². The molecule has 118 valence electrons. The van der Waals surface area contributed by atoms with Gasteiger partial charge >= 0.3 is 0 Å². The van der Waals surface area contributed by atoms with Crippen LogP contribution in [0.3, 0.4) is 0 Å². The molecule has 21 heavy (non-hydrogen) atoms. The zero-order valence-corrected chi connectivity index (χ0v) is 13.4. The van der Waals surface area contributed by atoms with Crippen LogP contribution in [0.5, 0.6) is 0 Å². The van der Waals surface area contributed by atoms with Crippen LogP contribution in [0.1, 0.15) is 69.2 Å². The number of aromatic nitrogens is 2. The number of hydrogen-bond donors (Lipinski definition) is 2. The molecule has 1 saturated carbocycles. The fourth-order valence-electron chi connectivity index (χ4n) is 4.03. The highest BCUT2D eigenvalue weighted by Crippen LogP contribution is 2.35. The third kappa shape index (κ3) is 3.16. The van der Waals surface area contributed by atoms with Crippen LogP contribution >= 0.6 is 0 Å². The van der Waals surface area contributed by atoms with Crippen molar-refractivity contribution in [3.8, 4) is 0 Å². The predicted octanol–water partition coefficient (Wildman–Crippen LogP) is 2.72. The van der Waals surface area contributed by atoms with Crippen LogP contribution in [0.4, 0.5) is 0 Å². The highest BCUT2D eigenvalue weighted by atomic mass is 16.3. The van der Waals surface area contributed by atoms with Crippen molar-refractivity contribution in [2.24, 2.45) is 13.0 Å². The van der Waals surface area contributed by atoms with E-state index in [2.05, 4.69) is 17.3 Å². The molecule has 1 aromatic heterocycles. The van der Waals surface area contributed by atoms with Gasteiger partial charge in [0, 0.05) is 30.9 Å². The second-order valence-corrected chi connectivity index (χ2v) is 7.07. The third-order valence-electron chi connectivity index (χ3n) is 5.67. The van der Waals surface area contributed by atoms with E-state index in [-0.39, 0.29) is 0 Å². The summed E-state index contributed by atoms with van der Waals surface area (Å²) >= 11 is 0. The number of fused-ring (bicyclic) bond motifs is 1. The Bertz CT molecular complexity index is 474. The minimum absolute atomic E-state index is 0.371. The van der Waals surface area contributed by atoms with E-state index in [1.165, 1.54) is 36.9 Å². The molecule has 4 nitrogen and oxygen atoms in total. The van der Waals surface area contributed by atoms with Crippen molar-refractivity contribution in [3.63, 3.8) is 0 Å². The molecule has 4 heteroatoms. The molecule has 2 aliphatic carbocycles. The maximum absolute atomic E-state index is 10.8. The Morgan fingerprint density at radius 1 is 1.38 bits per heavy atom. The van der Waals surface area contributed by atoms with Gasteiger partial charge < -0.3 is 10.4 Å². The van der Waals surface area contributed by atoms with E-state index >= 15 is 0 Å². The van der Waals surface area contributed by atoms with Gasteiger partial charge in [-0.15, -0.1) is 0 Å². The Kier molecular flexibility index (Phi) is 4.36. The summed E-state index contributed by atoms with van der Waals surface area (Å²) in [5.41, 5.74) is 2.21. The van der Waals surface area contributed by atoms with Crippen molar-refractivity contribution in [3.05, 3.63) is 17.5 Å². The smallest absolute Gasteiger partial charge is 0.0772 e. The summed E-state index contributed by atoms with van der Waals surface area (Å²) in [6, 6.07) is 0.371. The lowest BCUT2D eigenvalue weighted by atomic mass is 9.77. The van der Waals surface area contributed by atoms with Gasteiger partial charge in [-0.2, -0.15) is 5.10 Å². The molecule has 1 fully saturated rings. The summed E-state index contributed by atoms with van der Waals surface area (Å²) < 4.78 is 2.00. The average Bonchev–Trinajstić information content (AvgIpc) is 2.88. The Morgan fingerprint density at radius 3 is 2.86 bits per heavy atom. The summed E-state index contributed by atoms with van der Waals surface area (Å²) in [4.78, 5) is 0. The maximum atomic E-state index is 10.8. The number of nitrogens with zero attached hydrogens (tertiary/aromatic N) is 2. The van der Waals surface area contributed by atoms with Crippen molar-refractivity contribution >= 4 is 0 Å². The van der Waals surface area contributed by atoms with Crippen molar-refractivity contribution in [1.29, 1.82) is 0 Å². The van der Waals surface area contributed by atoms with Gasteiger partial charge in [0.1, 0.15) is 0 Å². The van der Waals surface area contributed by atoms with Gasteiger partial charge in [-0.05, 0) is 50.9 Å². The molecule has 1 aromatic rings. The largest absolute Gasteiger partial charge is 0.389 e. The zero-order chi connectivity index (χ0) is 14.9. The maximum Gasteiger partial charge on any atom is 0.0772 e. The Balaban J connectivity index is 1.58. The average molecular weight is 291 g/mol. The number of nitrogens with one attached hydrogen (secondary N) is 1. The Hall–Kier alpha value is -0.870. The van der Waals surface area contributed by atoms with Gasteiger partial charge in [0.15, 0.2) is 0 Å².